The van der Waals surface area contributed by atoms with Crippen LogP contribution >= 0.6 is 15.9 Å². The normalized spacial score (nSPS) is 13.5. The fraction of sp³-hybridized carbons (Fsp3) is 0.333. The molecule has 0 radical (unpaired) electrons. The van der Waals surface area contributed by atoms with Crippen LogP contribution in [-0.2, 0) is 16.4 Å². The Morgan fingerprint density at radius 2 is 1.77 bits per heavy atom. The first-order chi connectivity index (χ1) is 12.4. The minimum absolute atomic E-state index is 0.136. The largest absolute Gasteiger partial charge is 0.493 e. The molecular formula is C18H20BrNO5S. The molecule has 1 heterocycles. The van der Waals surface area contributed by atoms with Gasteiger partial charge in [0.25, 0.3) is 10.0 Å². The molecule has 1 aliphatic heterocycles. The number of ether oxygens (including phenoxy) is 3. The predicted octanol–water partition coefficient (Wildman–Crippen LogP) is 3.62. The van der Waals surface area contributed by atoms with E-state index in [0.29, 0.717) is 47.0 Å². The zero-order chi connectivity index (χ0) is 18.9. The molecule has 26 heavy (non-hydrogen) atoms. The van der Waals surface area contributed by atoms with Gasteiger partial charge in [0.1, 0.15) is 10.6 Å². The van der Waals surface area contributed by atoms with E-state index in [4.69, 9.17) is 14.2 Å². The number of anilines is 1. The third-order valence-corrected chi connectivity index (χ3v) is 6.54. The predicted molar refractivity (Wildman–Crippen MR) is 103 cm³/mol. The van der Waals surface area contributed by atoms with Crippen molar-refractivity contribution >= 4 is 31.6 Å². The zero-order valence-corrected chi connectivity index (χ0v) is 17.2. The van der Waals surface area contributed by atoms with Crippen LogP contribution in [-0.4, -0.2) is 35.8 Å². The Morgan fingerprint density at radius 3 is 2.42 bits per heavy atom. The molecule has 6 nitrogen and oxygen atoms in total. The van der Waals surface area contributed by atoms with Crippen LogP contribution in [0.5, 0.6) is 17.2 Å². The highest BCUT2D eigenvalue weighted by atomic mass is 79.9. The lowest BCUT2D eigenvalue weighted by Gasteiger charge is -2.22. The van der Waals surface area contributed by atoms with E-state index in [-0.39, 0.29) is 4.90 Å². The van der Waals surface area contributed by atoms with Crippen LogP contribution < -0.4 is 18.5 Å². The molecule has 0 atom stereocenters. The third kappa shape index (κ3) is 3.23. The number of nitrogens with zero attached hydrogens (tertiary/aromatic N) is 1. The number of methoxy groups -OCH3 is 2. The van der Waals surface area contributed by atoms with Gasteiger partial charge in [-0.1, -0.05) is 15.9 Å². The van der Waals surface area contributed by atoms with Crippen LogP contribution in [0.4, 0.5) is 5.69 Å². The second-order valence-corrected chi connectivity index (χ2v) is 8.43. The van der Waals surface area contributed by atoms with Crippen molar-refractivity contribution in [2.45, 2.75) is 18.2 Å². The van der Waals surface area contributed by atoms with Gasteiger partial charge in [0.05, 0.1) is 26.5 Å². The molecule has 140 valence electrons. The van der Waals surface area contributed by atoms with Gasteiger partial charge in [0, 0.05) is 17.1 Å². The molecule has 0 spiro atoms. The molecule has 8 heteroatoms. The van der Waals surface area contributed by atoms with Gasteiger partial charge in [0.15, 0.2) is 11.5 Å². The highest BCUT2D eigenvalue weighted by Gasteiger charge is 2.34. The average Bonchev–Trinajstić information content (AvgIpc) is 3.05. The number of hydrogen-bond donors (Lipinski definition) is 0. The van der Waals surface area contributed by atoms with E-state index in [1.54, 1.807) is 31.4 Å². The summed E-state index contributed by atoms with van der Waals surface area (Å²) in [5.74, 6) is 1.42. The molecule has 0 saturated heterocycles. The van der Waals surface area contributed by atoms with Gasteiger partial charge in [0.2, 0.25) is 0 Å². The van der Waals surface area contributed by atoms with Crippen molar-refractivity contribution in [3.8, 4) is 17.2 Å². The Kier molecular flexibility index (Phi) is 5.34. The molecule has 0 fully saturated rings. The number of rotatable bonds is 6. The highest BCUT2D eigenvalue weighted by molar-refractivity contribution is 9.10. The number of sulfonamides is 1. The molecule has 0 N–H and O–H groups in total. The van der Waals surface area contributed by atoms with Gasteiger partial charge in [-0.05, 0) is 43.2 Å². The van der Waals surface area contributed by atoms with E-state index in [9.17, 15) is 8.42 Å². The molecule has 3 rings (SSSR count). The smallest absolute Gasteiger partial charge is 0.268 e. The molecule has 1 aliphatic rings. The fourth-order valence-corrected chi connectivity index (χ4v) is 5.18. The molecule has 0 saturated carbocycles. The summed E-state index contributed by atoms with van der Waals surface area (Å²) in [5.41, 5.74) is 1.50. The summed E-state index contributed by atoms with van der Waals surface area (Å²) < 4.78 is 45.0. The van der Waals surface area contributed by atoms with Crippen LogP contribution in [0, 0.1) is 0 Å². The average molecular weight is 442 g/mol. The van der Waals surface area contributed by atoms with Gasteiger partial charge in [-0.15, -0.1) is 0 Å². The van der Waals surface area contributed by atoms with E-state index >= 15 is 0 Å². The standard InChI is InChI=1S/C18H20BrNO5S/c1-4-25-15-6-5-13(19)10-18(15)26(21,22)20-8-7-12-9-16(23-2)17(24-3)11-14(12)20/h5-6,9-11H,4,7-8H2,1-3H3. The number of benzene rings is 2. The van der Waals surface area contributed by atoms with Gasteiger partial charge in [-0.2, -0.15) is 0 Å². The van der Waals surface area contributed by atoms with Gasteiger partial charge < -0.3 is 14.2 Å². The van der Waals surface area contributed by atoms with Gasteiger partial charge in [-0.25, -0.2) is 8.42 Å². The lowest BCUT2D eigenvalue weighted by molar-refractivity contribution is 0.331. The van der Waals surface area contributed by atoms with Crippen molar-refractivity contribution < 1.29 is 22.6 Å². The maximum Gasteiger partial charge on any atom is 0.268 e. The Labute approximate surface area is 161 Å². The first kappa shape index (κ1) is 18.8. The van der Waals surface area contributed by atoms with Gasteiger partial charge >= 0.3 is 0 Å². The van der Waals surface area contributed by atoms with E-state index in [1.165, 1.54) is 11.4 Å². The fourth-order valence-electron chi connectivity index (χ4n) is 3.01. The second-order valence-electron chi connectivity index (χ2n) is 5.69. The van der Waals surface area contributed by atoms with Crippen molar-refractivity contribution in [2.24, 2.45) is 0 Å². The third-order valence-electron chi connectivity index (χ3n) is 4.21. The topological polar surface area (TPSA) is 65.1 Å². The zero-order valence-electron chi connectivity index (χ0n) is 14.8. The summed E-state index contributed by atoms with van der Waals surface area (Å²) in [6, 6.07) is 8.52. The summed E-state index contributed by atoms with van der Waals surface area (Å²) in [4.78, 5) is 0.136. The van der Waals surface area contributed by atoms with Crippen LogP contribution in [0.1, 0.15) is 12.5 Å². The van der Waals surface area contributed by atoms with Crippen molar-refractivity contribution in [3.05, 3.63) is 40.4 Å². The SMILES string of the molecule is CCOc1ccc(Br)cc1S(=O)(=O)N1CCc2cc(OC)c(OC)cc21. The Morgan fingerprint density at radius 1 is 1.08 bits per heavy atom. The molecule has 0 amide bonds. The maximum atomic E-state index is 13.4. The van der Waals surface area contributed by atoms with Crippen molar-refractivity contribution in [1.82, 2.24) is 0 Å². The van der Waals surface area contributed by atoms with E-state index in [0.717, 1.165) is 5.56 Å². The van der Waals surface area contributed by atoms with Crippen LogP contribution in [0.3, 0.4) is 0 Å². The molecular weight excluding hydrogens is 422 g/mol. The van der Waals surface area contributed by atoms with E-state index in [2.05, 4.69) is 15.9 Å². The molecule has 0 unspecified atom stereocenters. The van der Waals surface area contributed by atoms with Crippen LogP contribution in [0.2, 0.25) is 0 Å². The Balaban J connectivity index is 2.11. The van der Waals surface area contributed by atoms with Crippen LogP contribution in [0.25, 0.3) is 0 Å². The molecule has 0 aromatic heterocycles. The van der Waals surface area contributed by atoms with Crippen molar-refractivity contribution in [1.29, 1.82) is 0 Å². The van der Waals surface area contributed by atoms with Gasteiger partial charge in [-0.3, -0.25) is 4.31 Å². The summed E-state index contributed by atoms with van der Waals surface area (Å²) in [6.45, 7) is 2.55. The molecule has 0 bridgehead atoms. The first-order valence-corrected chi connectivity index (χ1v) is 10.4. The number of hydrogen-bond acceptors (Lipinski definition) is 5. The highest BCUT2D eigenvalue weighted by Crippen LogP contribution is 2.42. The van der Waals surface area contributed by atoms with Crippen molar-refractivity contribution in [3.63, 3.8) is 0 Å². The van der Waals surface area contributed by atoms with E-state index in [1.807, 2.05) is 13.0 Å². The lowest BCUT2D eigenvalue weighted by atomic mass is 10.1. The minimum Gasteiger partial charge on any atom is -0.493 e. The van der Waals surface area contributed by atoms with Crippen molar-refractivity contribution in [2.75, 3.05) is 31.7 Å². The van der Waals surface area contributed by atoms with Crippen LogP contribution in [0.15, 0.2) is 39.7 Å². The first-order valence-electron chi connectivity index (χ1n) is 8.12. The number of fused-ring (bicyclic) bond motifs is 1. The molecule has 2 aromatic carbocycles. The lowest BCUT2D eigenvalue weighted by Crippen LogP contribution is -2.29. The Bertz CT molecular complexity index is 929. The second kappa shape index (κ2) is 7.36. The monoisotopic (exact) mass is 441 g/mol. The summed E-state index contributed by atoms with van der Waals surface area (Å²) in [6.07, 6.45) is 0.604. The van der Waals surface area contributed by atoms with E-state index < -0.39 is 10.0 Å². The maximum absolute atomic E-state index is 13.4. The quantitative estimate of drug-likeness (QED) is 0.684. The summed E-state index contributed by atoms with van der Waals surface area (Å²) in [5, 5.41) is 0. The Hall–Kier alpha value is -1.93. The summed E-state index contributed by atoms with van der Waals surface area (Å²) >= 11 is 3.35. The summed E-state index contributed by atoms with van der Waals surface area (Å²) in [7, 11) is -0.704. The molecule has 0 aliphatic carbocycles. The number of halogens is 1. The minimum atomic E-state index is -3.79. The molecule has 2 aromatic rings.